The van der Waals surface area contributed by atoms with Gasteiger partial charge in [-0.3, -0.25) is 13.9 Å². The number of nitrogens with zero attached hydrogens (tertiary/aromatic N) is 4. The number of aromatic nitrogens is 4. The number of rotatable bonds is 2. The molecule has 0 bridgehead atoms. The Labute approximate surface area is 186 Å². The smallest absolute Gasteiger partial charge is 0.331 e. The van der Waals surface area contributed by atoms with Crippen LogP contribution in [0.3, 0.4) is 0 Å². The van der Waals surface area contributed by atoms with E-state index in [2.05, 4.69) is 23.4 Å². The standard InChI is InChI=1S/C22H20ClFN4O2S/c1-22(2)10-28-16(11-6-5-7-12(24)8-11)14-17(26(3)21(30)27(4)20(14)29)18(28)15(22)19-25-13(23)9-31-19/h5-9,15H,10H2,1-4H3/t15-/m0/s1. The summed E-state index contributed by atoms with van der Waals surface area (Å²) in [7, 11) is 3.13. The maximum absolute atomic E-state index is 14.2. The van der Waals surface area contributed by atoms with Crippen LogP contribution in [0, 0.1) is 11.2 Å². The molecule has 1 atom stereocenters. The molecule has 6 nitrogen and oxygen atoms in total. The molecule has 3 aromatic heterocycles. The Balaban J connectivity index is 1.99. The number of halogens is 2. The lowest BCUT2D eigenvalue weighted by molar-refractivity contribution is 0.323. The largest absolute Gasteiger partial charge is 0.341 e. The van der Waals surface area contributed by atoms with Crippen molar-refractivity contribution < 1.29 is 4.39 Å². The van der Waals surface area contributed by atoms with E-state index in [4.69, 9.17) is 11.6 Å². The van der Waals surface area contributed by atoms with Gasteiger partial charge in [-0.1, -0.05) is 37.6 Å². The van der Waals surface area contributed by atoms with E-state index >= 15 is 0 Å². The highest BCUT2D eigenvalue weighted by atomic mass is 35.5. The van der Waals surface area contributed by atoms with Gasteiger partial charge in [-0.15, -0.1) is 11.3 Å². The molecule has 0 saturated heterocycles. The summed E-state index contributed by atoms with van der Waals surface area (Å²) in [6.45, 7) is 4.84. The lowest BCUT2D eigenvalue weighted by atomic mass is 9.79. The van der Waals surface area contributed by atoms with Gasteiger partial charge in [-0.25, -0.2) is 14.2 Å². The van der Waals surface area contributed by atoms with Crippen LogP contribution in [0.5, 0.6) is 0 Å². The van der Waals surface area contributed by atoms with E-state index in [9.17, 15) is 14.0 Å². The van der Waals surface area contributed by atoms with Crippen LogP contribution in [0.15, 0.2) is 39.2 Å². The monoisotopic (exact) mass is 458 g/mol. The fourth-order valence-corrected chi connectivity index (χ4v) is 6.12. The molecule has 0 amide bonds. The molecule has 0 N–H and O–H groups in total. The molecule has 0 fully saturated rings. The Morgan fingerprint density at radius 3 is 2.61 bits per heavy atom. The SMILES string of the molecule is Cn1c(=O)c2c(-c3cccc(F)c3)n3c(c2n(C)c1=O)[C@@H](c1nc(Cl)cs1)C(C)(C)C3. The van der Waals surface area contributed by atoms with E-state index in [0.717, 1.165) is 15.3 Å². The maximum atomic E-state index is 14.2. The first-order valence-electron chi connectivity index (χ1n) is 9.81. The summed E-state index contributed by atoms with van der Waals surface area (Å²) in [6.07, 6.45) is 0. The van der Waals surface area contributed by atoms with Gasteiger partial charge in [0.05, 0.1) is 28.2 Å². The van der Waals surface area contributed by atoms with Crippen LogP contribution in [-0.4, -0.2) is 18.7 Å². The van der Waals surface area contributed by atoms with Crippen molar-refractivity contribution in [3.63, 3.8) is 0 Å². The van der Waals surface area contributed by atoms with Gasteiger partial charge >= 0.3 is 5.69 Å². The number of hydrogen-bond acceptors (Lipinski definition) is 4. The molecule has 160 valence electrons. The van der Waals surface area contributed by atoms with Crippen LogP contribution in [0.25, 0.3) is 22.2 Å². The third-order valence-corrected chi connectivity index (χ3v) is 7.40. The minimum Gasteiger partial charge on any atom is -0.341 e. The molecule has 31 heavy (non-hydrogen) atoms. The van der Waals surface area contributed by atoms with Gasteiger partial charge in [0, 0.05) is 31.6 Å². The quantitative estimate of drug-likeness (QED) is 0.454. The van der Waals surface area contributed by atoms with Gasteiger partial charge < -0.3 is 4.57 Å². The predicted octanol–water partition coefficient (Wildman–Crippen LogP) is 4.13. The fourth-order valence-electron chi connectivity index (χ4n) is 4.85. The summed E-state index contributed by atoms with van der Waals surface area (Å²) >= 11 is 7.60. The van der Waals surface area contributed by atoms with Crippen LogP contribution in [0.2, 0.25) is 5.15 Å². The molecule has 0 radical (unpaired) electrons. The average Bonchev–Trinajstić information content (AvgIpc) is 3.34. The molecule has 5 rings (SSSR count). The van der Waals surface area contributed by atoms with E-state index in [1.165, 1.54) is 35.1 Å². The topological polar surface area (TPSA) is 61.8 Å². The van der Waals surface area contributed by atoms with Crippen molar-refractivity contribution in [3.05, 3.63) is 72.2 Å². The van der Waals surface area contributed by atoms with Crippen molar-refractivity contribution in [1.82, 2.24) is 18.7 Å². The highest BCUT2D eigenvalue weighted by molar-refractivity contribution is 7.10. The second-order valence-corrected chi connectivity index (χ2v) is 9.97. The Bertz CT molecular complexity index is 1490. The predicted molar refractivity (Wildman–Crippen MR) is 121 cm³/mol. The Morgan fingerprint density at radius 1 is 1.23 bits per heavy atom. The summed E-state index contributed by atoms with van der Waals surface area (Å²) in [6, 6.07) is 6.21. The molecular formula is C22H20ClFN4O2S. The molecule has 9 heteroatoms. The van der Waals surface area contributed by atoms with Crippen molar-refractivity contribution in [2.45, 2.75) is 26.3 Å². The number of benzene rings is 1. The molecule has 4 heterocycles. The summed E-state index contributed by atoms with van der Waals surface area (Å²) in [5, 5.41) is 3.44. The Kier molecular flexibility index (Phi) is 4.33. The third-order valence-electron chi connectivity index (χ3n) is 6.16. The number of aryl methyl sites for hydroxylation is 1. The second kappa shape index (κ2) is 6.64. The molecular weight excluding hydrogens is 439 g/mol. The third kappa shape index (κ3) is 2.78. The molecule has 1 aliphatic rings. The second-order valence-electron chi connectivity index (χ2n) is 8.69. The lowest BCUT2D eigenvalue weighted by Crippen LogP contribution is -2.37. The van der Waals surface area contributed by atoms with E-state index < -0.39 is 11.2 Å². The number of hydrogen-bond donors (Lipinski definition) is 0. The number of thiazole rings is 1. The van der Waals surface area contributed by atoms with Crippen molar-refractivity contribution in [2.75, 3.05) is 0 Å². The molecule has 0 spiro atoms. The minimum absolute atomic E-state index is 0.174. The molecule has 0 saturated carbocycles. The summed E-state index contributed by atoms with van der Waals surface area (Å²) in [5.74, 6) is -0.559. The Hall–Kier alpha value is -2.71. The van der Waals surface area contributed by atoms with Crippen molar-refractivity contribution >= 4 is 33.8 Å². The lowest BCUT2D eigenvalue weighted by Gasteiger charge is -2.25. The van der Waals surface area contributed by atoms with Gasteiger partial charge in [0.15, 0.2) is 0 Å². The first kappa shape index (κ1) is 20.2. The highest BCUT2D eigenvalue weighted by Gasteiger charge is 2.46. The summed E-state index contributed by atoms with van der Waals surface area (Å²) < 4.78 is 18.8. The van der Waals surface area contributed by atoms with Crippen molar-refractivity contribution in [2.24, 2.45) is 19.5 Å². The highest BCUT2D eigenvalue weighted by Crippen LogP contribution is 2.53. The van der Waals surface area contributed by atoms with Crippen LogP contribution in [0.1, 0.15) is 30.5 Å². The van der Waals surface area contributed by atoms with Gasteiger partial charge in [0.25, 0.3) is 5.56 Å². The molecule has 1 aliphatic heterocycles. The Morgan fingerprint density at radius 2 is 1.97 bits per heavy atom. The van der Waals surface area contributed by atoms with Crippen LogP contribution >= 0.6 is 22.9 Å². The molecule has 0 unspecified atom stereocenters. The normalized spacial score (nSPS) is 17.4. The average molecular weight is 459 g/mol. The first-order chi connectivity index (χ1) is 14.6. The molecule has 4 aromatic rings. The van der Waals surface area contributed by atoms with E-state index in [1.807, 2.05) is 0 Å². The van der Waals surface area contributed by atoms with Gasteiger partial charge in [-0.05, 0) is 17.5 Å². The molecule has 1 aromatic carbocycles. The van der Waals surface area contributed by atoms with E-state index in [0.29, 0.717) is 33.9 Å². The van der Waals surface area contributed by atoms with Gasteiger partial charge in [0.1, 0.15) is 16.0 Å². The number of fused-ring (bicyclic) bond motifs is 3. The van der Waals surface area contributed by atoms with Gasteiger partial charge in [0.2, 0.25) is 0 Å². The summed E-state index contributed by atoms with van der Waals surface area (Å²) in [5.41, 5.74) is 1.56. The van der Waals surface area contributed by atoms with Crippen LogP contribution < -0.4 is 11.2 Å². The van der Waals surface area contributed by atoms with Crippen molar-refractivity contribution in [3.8, 4) is 11.3 Å². The van der Waals surface area contributed by atoms with E-state index in [1.54, 1.807) is 24.6 Å². The zero-order valence-corrected chi connectivity index (χ0v) is 19.0. The van der Waals surface area contributed by atoms with Crippen LogP contribution in [-0.2, 0) is 20.6 Å². The van der Waals surface area contributed by atoms with Crippen LogP contribution in [0.4, 0.5) is 4.39 Å². The van der Waals surface area contributed by atoms with E-state index in [-0.39, 0.29) is 17.2 Å². The molecule has 0 aliphatic carbocycles. The van der Waals surface area contributed by atoms with Gasteiger partial charge in [-0.2, -0.15) is 0 Å². The maximum Gasteiger partial charge on any atom is 0.331 e. The summed E-state index contributed by atoms with van der Waals surface area (Å²) in [4.78, 5) is 30.7. The zero-order valence-electron chi connectivity index (χ0n) is 17.4. The minimum atomic E-state index is -0.405. The zero-order chi connectivity index (χ0) is 22.2. The fraction of sp³-hybridized carbons (Fsp3) is 0.318. The first-order valence-corrected chi connectivity index (χ1v) is 11.1. The van der Waals surface area contributed by atoms with Crippen molar-refractivity contribution in [1.29, 1.82) is 0 Å².